The van der Waals surface area contributed by atoms with Crippen molar-refractivity contribution in [2.75, 3.05) is 13.2 Å². The van der Waals surface area contributed by atoms with Crippen LogP contribution in [0, 0.1) is 0 Å². The summed E-state index contributed by atoms with van der Waals surface area (Å²) in [5.41, 5.74) is 0. The van der Waals surface area contributed by atoms with Crippen molar-refractivity contribution < 1.29 is 28.6 Å². The molecule has 0 bridgehead atoms. The fourth-order valence-electron chi connectivity index (χ4n) is 8.40. The average molecular weight is 1120 g/mol. The van der Waals surface area contributed by atoms with Gasteiger partial charge in [-0.2, -0.15) is 0 Å². The Morgan fingerprint density at radius 3 is 0.778 bits per heavy atom. The molecule has 0 spiro atoms. The van der Waals surface area contributed by atoms with Crippen LogP contribution in [0.25, 0.3) is 0 Å². The lowest BCUT2D eigenvalue weighted by atomic mass is 10.0. The van der Waals surface area contributed by atoms with Gasteiger partial charge in [0.1, 0.15) is 13.2 Å². The van der Waals surface area contributed by atoms with Gasteiger partial charge in [-0.1, -0.05) is 281 Å². The zero-order chi connectivity index (χ0) is 58.5. The minimum absolute atomic E-state index is 0.103. The highest BCUT2D eigenvalue weighted by molar-refractivity contribution is 5.71. The molecule has 0 aliphatic rings. The second-order valence-corrected chi connectivity index (χ2v) is 20.9. The summed E-state index contributed by atoms with van der Waals surface area (Å²) >= 11 is 0. The van der Waals surface area contributed by atoms with Crippen molar-refractivity contribution in [2.45, 2.75) is 271 Å². The summed E-state index contributed by atoms with van der Waals surface area (Å²) in [6, 6.07) is 0. The Balaban J connectivity index is 4.15. The van der Waals surface area contributed by atoms with E-state index in [1.54, 1.807) is 0 Å². The van der Waals surface area contributed by atoms with E-state index in [4.69, 9.17) is 14.2 Å². The van der Waals surface area contributed by atoms with E-state index >= 15 is 0 Å². The maximum Gasteiger partial charge on any atom is 0.306 e. The molecule has 0 aromatic carbocycles. The fraction of sp³-hybridized carbons (Fsp3) is 0.587. The highest BCUT2D eigenvalue weighted by Gasteiger charge is 2.19. The molecule has 0 amide bonds. The first-order chi connectivity index (χ1) is 40.0. The minimum Gasteiger partial charge on any atom is -0.462 e. The molecule has 0 saturated carbocycles. The summed E-state index contributed by atoms with van der Waals surface area (Å²) in [4.78, 5) is 37.9. The summed E-state index contributed by atoms with van der Waals surface area (Å²) in [5, 5.41) is 0. The fourth-order valence-corrected chi connectivity index (χ4v) is 8.40. The molecule has 0 aliphatic carbocycles. The van der Waals surface area contributed by atoms with E-state index in [-0.39, 0.29) is 37.5 Å². The van der Waals surface area contributed by atoms with Crippen LogP contribution in [0.15, 0.2) is 170 Å². The number of hydrogen-bond donors (Lipinski definition) is 0. The molecule has 0 fully saturated rings. The normalized spacial score (nSPS) is 13.3. The third-order valence-electron chi connectivity index (χ3n) is 13.2. The third-order valence-corrected chi connectivity index (χ3v) is 13.2. The molecule has 1 atom stereocenters. The van der Waals surface area contributed by atoms with Crippen molar-refractivity contribution in [3.05, 3.63) is 170 Å². The van der Waals surface area contributed by atoms with E-state index < -0.39 is 6.10 Å². The zero-order valence-corrected chi connectivity index (χ0v) is 52.0. The van der Waals surface area contributed by atoms with Gasteiger partial charge in [0.25, 0.3) is 0 Å². The Kier molecular flexibility index (Phi) is 62.9. The summed E-state index contributed by atoms with van der Waals surface area (Å²) < 4.78 is 16.7. The molecular formula is C75H118O6. The standard InChI is InChI=1S/C75H118O6/c1-4-7-10-13-15-17-19-21-23-25-27-29-31-33-35-36-37-38-40-41-43-45-47-49-51-53-55-57-59-62-65-68-74(77)80-71-72(70-79-73(76)67-64-61-12-9-6-3)81-75(78)69-66-63-60-58-56-54-52-50-48-46-44-42-39-34-32-30-28-26-24-22-20-18-16-14-11-8-5-2/h7-8,10-11,15-18,21-24,27-30,33-35,37-39,44,46,50,52,56,58,72H,4-6,9,12-14,19-20,25-26,31-32,36,40-43,45,47-49,51,53-55,57,59-71H2,1-3H3/b10-7-,11-8-,17-15-,18-16-,23-21-,24-22-,29-27-,30-28-,35-33-,38-37-,39-34-,46-44-,52-50-,58-56-. The van der Waals surface area contributed by atoms with Gasteiger partial charge in [0.2, 0.25) is 0 Å². The van der Waals surface area contributed by atoms with Crippen molar-refractivity contribution in [3.8, 4) is 0 Å². The number of ether oxygens (including phenoxy) is 3. The zero-order valence-electron chi connectivity index (χ0n) is 52.0. The van der Waals surface area contributed by atoms with Gasteiger partial charge < -0.3 is 14.2 Å². The van der Waals surface area contributed by atoms with Crippen LogP contribution in [0.4, 0.5) is 0 Å². The van der Waals surface area contributed by atoms with E-state index in [1.807, 2.05) is 0 Å². The Morgan fingerprint density at radius 2 is 0.481 bits per heavy atom. The van der Waals surface area contributed by atoms with Gasteiger partial charge in [-0.05, 0) is 135 Å². The van der Waals surface area contributed by atoms with Crippen molar-refractivity contribution in [1.29, 1.82) is 0 Å². The first kappa shape index (κ1) is 75.8. The molecule has 81 heavy (non-hydrogen) atoms. The van der Waals surface area contributed by atoms with Gasteiger partial charge in [0, 0.05) is 19.3 Å². The number of allylic oxidation sites excluding steroid dienone is 28. The van der Waals surface area contributed by atoms with Crippen LogP contribution in [0.5, 0.6) is 0 Å². The lowest BCUT2D eigenvalue weighted by molar-refractivity contribution is -0.167. The molecule has 0 saturated heterocycles. The number of hydrogen-bond acceptors (Lipinski definition) is 6. The Bertz CT molecular complexity index is 1860. The maximum atomic E-state index is 12.8. The van der Waals surface area contributed by atoms with Gasteiger partial charge in [-0.15, -0.1) is 0 Å². The predicted molar refractivity (Wildman–Crippen MR) is 352 cm³/mol. The van der Waals surface area contributed by atoms with Gasteiger partial charge in [0.15, 0.2) is 6.10 Å². The molecule has 0 rings (SSSR count). The molecule has 1 unspecified atom stereocenters. The first-order valence-corrected chi connectivity index (χ1v) is 32.6. The molecule has 0 N–H and O–H groups in total. The van der Waals surface area contributed by atoms with E-state index in [1.165, 1.54) is 64.2 Å². The van der Waals surface area contributed by atoms with Gasteiger partial charge in [-0.3, -0.25) is 14.4 Å². The van der Waals surface area contributed by atoms with Crippen molar-refractivity contribution in [3.63, 3.8) is 0 Å². The van der Waals surface area contributed by atoms with Crippen LogP contribution < -0.4 is 0 Å². The topological polar surface area (TPSA) is 78.9 Å². The molecule has 0 aliphatic heterocycles. The van der Waals surface area contributed by atoms with Crippen molar-refractivity contribution >= 4 is 17.9 Å². The second-order valence-electron chi connectivity index (χ2n) is 20.9. The Hall–Kier alpha value is -5.23. The largest absolute Gasteiger partial charge is 0.462 e. The first-order valence-electron chi connectivity index (χ1n) is 32.6. The highest BCUT2D eigenvalue weighted by Crippen LogP contribution is 2.15. The third kappa shape index (κ3) is 65.5. The van der Waals surface area contributed by atoms with Crippen LogP contribution >= 0.6 is 0 Å². The van der Waals surface area contributed by atoms with Gasteiger partial charge >= 0.3 is 17.9 Å². The molecule has 454 valence electrons. The number of carbonyl (C=O) groups is 3. The molecule has 0 aromatic rings. The number of rotatable bonds is 57. The lowest BCUT2D eigenvalue weighted by Crippen LogP contribution is -2.30. The number of unbranched alkanes of at least 4 members (excludes halogenated alkanes) is 18. The second kappa shape index (κ2) is 67.3. The maximum absolute atomic E-state index is 12.8. The van der Waals surface area contributed by atoms with Crippen molar-refractivity contribution in [1.82, 2.24) is 0 Å². The minimum atomic E-state index is -0.807. The number of carbonyl (C=O) groups excluding carboxylic acids is 3. The van der Waals surface area contributed by atoms with Crippen LogP contribution in [0.2, 0.25) is 0 Å². The van der Waals surface area contributed by atoms with Gasteiger partial charge in [-0.25, -0.2) is 0 Å². The lowest BCUT2D eigenvalue weighted by Gasteiger charge is -2.18. The smallest absolute Gasteiger partial charge is 0.306 e. The molecule has 0 aromatic heterocycles. The average Bonchev–Trinajstić information content (AvgIpc) is 3.47. The SMILES string of the molecule is CC/C=C\C/C=C\C/C=C\C/C=C\C/C=C\C/C=C\C/C=C\C/C=C\CCCCC(=O)OC(COC(=O)CCCCCCC)COC(=O)CCCCCCCCCCCCCC/C=C\C/C=C\C/C=C\C/C=C\C/C=C\C/C=C\CC. The number of esters is 3. The van der Waals surface area contributed by atoms with Crippen LogP contribution in [0.3, 0.4) is 0 Å². The highest BCUT2D eigenvalue weighted by atomic mass is 16.6. The molecule has 0 heterocycles. The molecule has 6 heteroatoms. The Labute approximate surface area is 498 Å². The van der Waals surface area contributed by atoms with Crippen molar-refractivity contribution in [2.24, 2.45) is 0 Å². The summed E-state index contributed by atoms with van der Waals surface area (Å²) in [5.74, 6) is -0.968. The molecule has 6 nitrogen and oxygen atoms in total. The van der Waals surface area contributed by atoms with E-state index in [0.717, 1.165) is 154 Å². The predicted octanol–water partition coefficient (Wildman–Crippen LogP) is 22.7. The molecular weight excluding hydrogens is 997 g/mol. The van der Waals surface area contributed by atoms with Crippen LogP contribution in [0.1, 0.15) is 265 Å². The molecule has 0 radical (unpaired) electrons. The van der Waals surface area contributed by atoms with E-state index in [0.29, 0.717) is 19.3 Å². The van der Waals surface area contributed by atoms with Crippen LogP contribution in [-0.4, -0.2) is 37.2 Å². The summed E-state index contributed by atoms with van der Waals surface area (Å²) in [7, 11) is 0. The van der Waals surface area contributed by atoms with Crippen LogP contribution in [-0.2, 0) is 28.6 Å². The van der Waals surface area contributed by atoms with E-state index in [9.17, 15) is 14.4 Å². The summed E-state index contributed by atoms with van der Waals surface area (Å²) in [6.45, 7) is 6.28. The quantitative estimate of drug-likeness (QED) is 0.0261. The Morgan fingerprint density at radius 1 is 0.259 bits per heavy atom. The van der Waals surface area contributed by atoms with Gasteiger partial charge in [0.05, 0.1) is 0 Å². The van der Waals surface area contributed by atoms with E-state index in [2.05, 4.69) is 191 Å². The monoisotopic (exact) mass is 1110 g/mol. The summed E-state index contributed by atoms with van der Waals surface area (Å²) in [6.07, 6.45) is 99.8.